The van der Waals surface area contributed by atoms with Crippen LogP contribution in [0, 0.1) is 5.82 Å². The molecule has 1 heterocycles. The van der Waals surface area contributed by atoms with Gasteiger partial charge in [0, 0.05) is 38.6 Å². The van der Waals surface area contributed by atoms with Gasteiger partial charge in [-0.15, -0.1) is 0 Å². The van der Waals surface area contributed by atoms with Gasteiger partial charge in [-0.2, -0.15) is 0 Å². The first-order valence-electron chi connectivity index (χ1n) is 7.93. The Morgan fingerprint density at radius 2 is 1.86 bits per heavy atom. The summed E-state index contributed by atoms with van der Waals surface area (Å²) in [5, 5.41) is 0. The maximum Gasteiger partial charge on any atom is 0.222 e. The molecule has 2 rings (SSSR count). The van der Waals surface area contributed by atoms with Crippen molar-refractivity contribution in [2.45, 2.75) is 39.2 Å². The SMILES string of the molecule is CCC(=O)N1CCCN([C@H](CC)c2ccc(F)cc2)CC1. The van der Waals surface area contributed by atoms with Crippen molar-refractivity contribution in [1.29, 1.82) is 0 Å². The second kappa shape index (κ2) is 7.55. The van der Waals surface area contributed by atoms with Crippen LogP contribution in [0.15, 0.2) is 24.3 Å². The van der Waals surface area contributed by atoms with E-state index in [4.69, 9.17) is 0 Å². The zero-order valence-corrected chi connectivity index (χ0v) is 13.0. The summed E-state index contributed by atoms with van der Waals surface area (Å²) >= 11 is 0. The van der Waals surface area contributed by atoms with E-state index in [-0.39, 0.29) is 11.7 Å². The molecule has 0 aromatic heterocycles. The lowest BCUT2D eigenvalue weighted by Gasteiger charge is -2.30. The quantitative estimate of drug-likeness (QED) is 0.850. The first-order chi connectivity index (χ1) is 10.2. The van der Waals surface area contributed by atoms with Crippen LogP contribution in [0.3, 0.4) is 0 Å². The molecule has 1 saturated heterocycles. The highest BCUT2D eigenvalue weighted by atomic mass is 19.1. The Bertz CT molecular complexity index is 460. The second-order valence-corrected chi connectivity index (χ2v) is 5.60. The smallest absolute Gasteiger partial charge is 0.222 e. The van der Waals surface area contributed by atoms with E-state index in [1.54, 1.807) is 0 Å². The van der Waals surface area contributed by atoms with Gasteiger partial charge in [0.1, 0.15) is 5.82 Å². The van der Waals surface area contributed by atoms with E-state index >= 15 is 0 Å². The standard InChI is InChI=1S/C17H25FN2O/c1-3-16(14-6-8-15(18)9-7-14)19-10-5-11-20(13-12-19)17(21)4-2/h6-9,16H,3-5,10-13H2,1-2H3/t16-/m1/s1. The largest absolute Gasteiger partial charge is 0.341 e. The van der Waals surface area contributed by atoms with Crippen LogP contribution >= 0.6 is 0 Å². The van der Waals surface area contributed by atoms with Gasteiger partial charge in [-0.3, -0.25) is 9.69 Å². The third-order valence-electron chi connectivity index (χ3n) is 4.27. The molecule has 21 heavy (non-hydrogen) atoms. The summed E-state index contributed by atoms with van der Waals surface area (Å²) in [5.74, 6) is 0.0517. The van der Waals surface area contributed by atoms with E-state index in [1.807, 2.05) is 24.0 Å². The summed E-state index contributed by atoms with van der Waals surface area (Å²) in [6.45, 7) is 7.60. The Hall–Kier alpha value is -1.42. The molecule has 0 radical (unpaired) electrons. The number of nitrogens with zero attached hydrogens (tertiary/aromatic N) is 2. The third-order valence-corrected chi connectivity index (χ3v) is 4.27. The van der Waals surface area contributed by atoms with Gasteiger partial charge >= 0.3 is 0 Å². The summed E-state index contributed by atoms with van der Waals surface area (Å²) in [6.07, 6.45) is 2.58. The van der Waals surface area contributed by atoms with Crippen LogP contribution in [0.5, 0.6) is 0 Å². The topological polar surface area (TPSA) is 23.6 Å². The predicted molar refractivity (Wildman–Crippen MR) is 82.5 cm³/mol. The maximum absolute atomic E-state index is 13.1. The molecule has 0 saturated carbocycles. The van der Waals surface area contributed by atoms with Gasteiger partial charge in [-0.05, 0) is 30.5 Å². The van der Waals surface area contributed by atoms with Crippen LogP contribution in [0.25, 0.3) is 0 Å². The fourth-order valence-corrected chi connectivity index (χ4v) is 3.11. The number of carbonyl (C=O) groups is 1. The van der Waals surface area contributed by atoms with E-state index in [9.17, 15) is 9.18 Å². The van der Waals surface area contributed by atoms with E-state index in [2.05, 4.69) is 11.8 Å². The monoisotopic (exact) mass is 292 g/mol. The van der Waals surface area contributed by atoms with Gasteiger partial charge < -0.3 is 4.90 Å². The molecular weight excluding hydrogens is 267 g/mol. The Balaban J connectivity index is 2.05. The van der Waals surface area contributed by atoms with Crippen molar-refractivity contribution in [2.75, 3.05) is 26.2 Å². The average Bonchev–Trinajstić information content (AvgIpc) is 2.75. The van der Waals surface area contributed by atoms with Gasteiger partial charge in [0.05, 0.1) is 0 Å². The number of hydrogen-bond donors (Lipinski definition) is 0. The van der Waals surface area contributed by atoms with Crippen LogP contribution in [0.4, 0.5) is 4.39 Å². The van der Waals surface area contributed by atoms with Crippen LogP contribution in [0.1, 0.15) is 44.7 Å². The van der Waals surface area contributed by atoms with Crippen molar-refractivity contribution in [3.8, 4) is 0 Å². The minimum Gasteiger partial charge on any atom is -0.341 e. The molecule has 0 spiro atoms. The molecule has 1 aromatic carbocycles. The van der Waals surface area contributed by atoms with Crippen molar-refractivity contribution in [3.05, 3.63) is 35.6 Å². The molecule has 0 bridgehead atoms. The molecule has 1 amide bonds. The summed E-state index contributed by atoms with van der Waals surface area (Å²) in [5.41, 5.74) is 1.16. The molecule has 0 N–H and O–H groups in total. The van der Waals surface area contributed by atoms with Crippen LogP contribution in [-0.4, -0.2) is 41.9 Å². The van der Waals surface area contributed by atoms with Gasteiger partial charge in [0.25, 0.3) is 0 Å². The molecule has 0 aliphatic carbocycles. The number of halogens is 1. The lowest BCUT2D eigenvalue weighted by Crippen LogP contribution is -2.36. The number of benzene rings is 1. The van der Waals surface area contributed by atoms with Gasteiger partial charge in [-0.25, -0.2) is 4.39 Å². The molecule has 1 aromatic rings. The molecule has 116 valence electrons. The van der Waals surface area contributed by atoms with Crippen molar-refractivity contribution < 1.29 is 9.18 Å². The summed E-state index contributed by atoms with van der Waals surface area (Å²) in [7, 11) is 0. The van der Waals surface area contributed by atoms with Crippen molar-refractivity contribution >= 4 is 5.91 Å². The van der Waals surface area contributed by atoms with E-state index < -0.39 is 0 Å². The van der Waals surface area contributed by atoms with Crippen molar-refractivity contribution in [2.24, 2.45) is 0 Å². The molecule has 1 fully saturated rings. The Kier molecular flexibility index (Phi) is 5.74. The van der Waals surface area contributed by atoms with Gasteiger partial charge in [0.15, 0.2) is 0 Å². The molecule has 1 atom stereocenters. The summed E-state index contributed by atoms with van der Waals surface area (Å²) in [4.78, 5) is 16.2. The second-order valence-electron chi connectivity index (χ2n) is 5.60. The molecule has 1 aliphatic rings. The number of hydrogen-bond acceptors (Lipinski definition) is 2. The fraction of sp³-hybridized carbons (Fsp3) is 0.588. The van der Waals surface area contributed by atoms with Crippen LogP contribution in [0.2, 0.25) is 0 Å². The zero-order valence-electron chi connectivity index (χ0n) is 13.0. The number of rotatable bonds is 4. The first-order valence-corrected chi connectivity index (χ1v) is 7.93. The third kappa shape index (κ3) is 4.03. The summed E-state index contributed by atoms with van der Waals surface area (Å²) in [6, 6.07) is 7.13. The van der Waals surface area contributed by atoms with Crippen LogP contribution < -0.4 is 0 Å². The van der Waals surface area contributed by atoms with Crippen LogP contribution in [-0.2, 0) is 4.79 Å². The van der Waals surface area contributed by atoms with Gasteiger partial charge in [-0.1, -0.05) is 26.0 Å². The fourth-order valence-electron chi connectivity index (χ4n) is 3.11. The Morgan fingerprint density at radius 1 is 1.14 bits per heavy atom. The zero-order chi connectivity index (χ0) is 15.2. The molecule has 0 unspecified atom stereocenters. The predicted octanol–water partition coefficient (Wildman–Crippen LogP) is 3.22. The lowest BCUT2D eigenvalue weighted by atomic mass is 10.0. The average molecular weight is 292 g/mol. The lowest BCUT2D eigenvalue weighted by molar-refractivity contribution is -0.130. The highest BCUT2D eigenvalue weighted by molar-refractivity contribution is 5.75. The van der Waals surface area contributed by atoms with Crippen molar-refractivity contribution in [1.82, 2.24) is 9.80 Å². The highest BCUT2D eigenvalue weighted by Crippen LogP contribution is 2.25. The minimum atomic E-state index is -0.191. The Labute approximate surface area is 126 Å². The van der Waals surface area contributed by atoms with E-state index in [0.29, 0.717) is 12.5 Å². The molecule has 1 aliphatic heterocycles. The van der Waals surface area contributed by atoms with E-state index in [1.165, 1.54) is 12.1 Å². The molecule has 3 nitrogen and oxygen atoms in total. The molecule has 4 heteroatoms. The first kappa shape index (κ1) is 16.0. The highest BCUT2D eigenvalue weighted by Gasteiger charge is 2.23. The number of amides is 1. The maximum atomic E-state index is 13.1. The van der Waals surface area contributed by atoms with E-state index in [0.717, 1.165) is 44.6 Å². The summed E-state index contributed by atoms with van der Waals surface area (Å²) < 4.78 is 13.1. The normalized spacial score (nSPS) is 18.3. The minimum absolute atomic E-state index is 0.191. The van der Waals surface area contributed by atoms with Gasteiger partial charge in [0.2, 0.25) is 5.91 Å². The number of carbonyl (C=O) groups excluding carboxylic acids is 1. The van der Waals surface area contributed by atoms with Crippen molar-refractivity contribution in [3.63, 3.8) is 0 Å². The molecular formula is C17H25FN2O. The Morgan fingerprint density at radius 3 is 2.48 bits per heavy atom.